The van der Waals surface area contributed by atoms with Crippen LogP contribution in [0.25, 0.3) is 0 Å². The molecule has 4 rings (SSSR count). The average molecular weight is 422 g/mol. The molecule has 2 aliphatic heterocycles. The van der Waals surface area contributed by atoms with Crippen LogP contribution in [0.2, 0.25) is 0 Å². The maximum Gasteiger partial charge on any atom is 0.322 e. The highest BCUT2D eigenvalue weighted by Crippen LogP contribution is 2.27. The van der Waals surface area contributed by atoms with E-state index in [1.807, 2.05) is 18.2 Å². The van der Waals surface area contributed by atoms with E-state index in [9.17, 15) is 14.4 Å². The first-order valence-corrected chi connectivity index (χ1v) is 10.3. The Morgan fingerprint density at radius 3 is 2.77 bits per heavy atom. The standard InChI is InChI=1S/C23H26N4O4/c1-23(21(29)25-22(30)26-23)17-6-3-5-16(11-17)20(28)24-13-15-9-10-27(14-15)18-7-4-8-19(12-18)31-2/h3-8,11-12,15H,9-10,13-14H2,1-2H3,(H,24,28)(H2,25,26,29,30). The summed E-state index contributed by atoms with van der Waals surface area (Å²) in [4.78, 5) is 38.7. The zero-order valence-corrected chi connectivity index (χ0v) is 17.6. The normalized spacial score (nSPS) is 22.8. The van der Waals surface area contributed by atoms with Crippen molar-refractivity contribution in [2.75, 3.05) is 31.6 Å². The first kappa shape index (κ1) is 20.7. The van der Waals surface area contributed by atoms with Gasteiger partial charge in [-0.25, -0.2) is 4.79 Å². The Hall–Kier alpha value is -3.55. The molecule has 31 heavy (non-hydrogen) atoms. The number of nitrogens with zero attached hydrogens (tertiary/aromatic N) is 1. The van der Waals surface area contributed by atoms with Gasteiger partial charge in [0.25, 0.3) is 11.8 Å². The van der Waals surface area contributed by atoms with Crippen LogP contribution in [0.1, 0.15) is 29.3 Å². The summed E-state index contributed by atoms with van der Waals surface area (Å²) in [6, 6.07) is 14.2. The first-order valence-electron chi connectivity index (χ1n) is 10.3. The summed E-state index contributed by atoms with van der Waals surface area (Å²) in [6.45, 7) is 3.97. The van der Waals surface area contributed by atoms with Crippen LogP contribution in [0.15, 0.2) is 48.5 Å². The Bertz CT molecular complexity index is 1020. The van der Waals surface area contributed by atoms with Gasteiger partial charge in [-0.05, 0) is 49.1 Å². The monoisotopic (exact) mass is 422 g/mol. The van der Waals surface area contributed by atoms with Gasteiger partial charge in [0.05, 0.1) is 7.11 Å². The number of nitrogens with one attached hydrogen (secondary N) is 3. The highest BCUT2D eigenvalue weighted by atomic mass is 16.5. The number of urea groups is 1. The molecule has 2 aromatic rings. The van der Waals surface area contributed by atoms with Crippen molar-refractivity contribution in [1.29, 1.82) is 0 Å². The molecule has 0 aliphatic carbocycles. The van der Waals surface area contributed by atoms with Gasteiger partial charge in [-0.15, -0.1) is 0 Å². The zero-order valence-electron chi connectivity index (χ0n) is 17.6. The topological polar surface area (TPSA) is 99.8 Å². The number of methoxy groups -OCH3 is 1. The molecular weight excluding hydrogens is 396 g/mol. The van der Waals surface area contributed by atoms with Crippen LogP contribution in [-0.2, 0) is 10.3 Å². The summed E-state index contributed by atoms with van der Waals surface area (Å²) in [6.07, 6.45) is 0.988. The summed E-state index contributed by atoms with van der Waals surface area (Å²) in [5, 5.41) is 7.87. The lowest BCUT2D eigenvalue weighted by Gasteiger charge is -2.21. The summed E-state index contributed by atoms with van der Waals surface area (Å²) < 4.78 is 5.30. The van der Waals surface area contributed by atoms with Crippen molar-refractivity contribution in [3.05, 3.63) is 59.7 Å². The van der Waals surface area contributed by atoms with E-state index in [2.05, 4.69) is 26.9 Å². The molecule has 2 heterocycles. The van der Waals surface area contributed by atoms with E-state index in [1.54, 1.807) is 38.3 Å². The molecule has 0 radical (unpaired) electrons. The molecular formula is C23H26N4O4. The number of hydrogen-bond donors (Lipinski definition) is 3. The Balaban J connectivity index is 1.36. The lowest BCUT2D eigenvalue weighted by atomic mass is 9.91. The van der Waals surface area contributed by atoms with Crippen LogP contribution in [0.5, 0.6) is 5.75 Å². The van der Waals surface area contributed by atoms with Crippen molar-refractivity contribution < 1.29 is 19.1 Å². The summed E-state index contributed by atoms with van der Waals surface area (Å²) in [7, 11) is 1.66. The molecule has 0 aromatic heterocycles. The minimum Gasteiger partial charge on any atom is -0.497 e. The van der Waals surface area contributed by atoms with E-state index in [0.29, 0.717) is 23.6 Å². The minimum atomic E-state index is -1.18. The van der Waals surface area contributed by atoms with Crippen LogP contribution in [-0.4, -0.2) is 44.6 Å². The molecule has 2 aliphatic rings. The maximum absolute atomic E-state index is 12.7. The van der Waals surface area contributed by atoms with Gasteiger partial charge in [0.15, 0.2) is 0 Å². The molecule has 2 unspecified atom stereocenters. The van der Waals surface area contributed by atoms with Crippen LogP contribution in [0.3, 0.4) is 0 Å². The van der Waals surface area contributed by atoms with Crippen molar-refractivity contribution in [1.82, 2.24) is 16.0 Å². The number of carbonyl (C=O) groups excluding carboxylic acids is 3. The molecule has 162 valence electrons. The number of amides is 4. The molecule has 8 heteroatoms. The highest BCUT2D eigenvalue weighted by Gasteiger charge is 2.43. The van der Waals surface area contributed by atoms with Gasteiger partial charge in [-0.2, -0.15) is 0 Å². The summed E-state index contributed by atoms with van der Waals surface area (Å²) >= 11 is 0. The van der Waals surface area contributed by atoms with Crippen LogP contribution in [0, 0.1) is 5.92 Å². The number of imide groups is 1. The van der Waals surface area contributed by atoms with Gasteiger partial charge in [0.2, 0.25) is 0 Å². The second kappa shape index (κ2) is 8.29. The Morgan fingerprint density at radius 1 is 1.23 bits per heavy atom. The molecule has 2 fully saturated rings. The van der Waals surface area contributed by atoms with Crippen molar-refractivity contribution in [3.63, 3.8) is 0 Å². The summed E-state index contributed by atoms with van der Waals surface area (Å²) in [5.41, 5.74) is 0.950. The van der Waals surface area contributed by atoms with E-state index in [4.69, 9.17) is 4.74 Å². The van der Waals surface area contributed by atoms with Crippen LogP contribution >= 0.6 is 0 Å². The fraction of sp³-hybridized carbons (Fsp3) is 0.348. The van der Waals surface area contributed by atoms with Crippen LogP contribution < -0.4 is 25.6 Å². The van der Waals surface area contributed by atoms with Gasteiger partial charge >= 0.3 is 6.03 Å². The second-order valence-corrected chi connectivity index (χ2v) is 8.13. The van der Waals surface area contributed by atoms with E-state index < -0.39 is 17.5 Å². The first-order chi connectivity index (χ1) is 14.9. The van der Waals surface area contributed by atoms with Crippen LogP contribution in [0.4, 0.5) is 10.5 Å². The maximum atomic E-state index is 12.7. The Kier molecular flexibility index (Phi) is 5.54. The largest absolute Gasteiger partial charge is 0.497 e. The highest BCUT2D eigenvalue weighted by molar-refractivity contribution is 6.07. The smallest absolute Gasteiger partial charge is 0.322 e. The third kappa shape index (κ3) is 4.19. The molecule has 0 spiro atoms. The third-order valence-electron chi connectivity index (χ3n) is 6.00. The third-order valence-corrected chi connectivity index (χ3v) is 6.00. The molecule has 0 saturated carbocycles. The lowest BCUT2D eigenvalue weighted by Crippen LogP contribution is -2.40. The number of anilines is 1. The zero-order chi connectivity index (χ0) is 22.0. The van der Waals surface area contributed by atoms with E-state index in [1.165, 1.54) is 0 Å². The lowest BCUT2D eigenvalue weighted by molar-refractivity contribution is -0.123. The van der Waals surface area contributed by atoms with Gasteiger partial charge in [-0.1, -0.05) is 18.2 Å². The number of ether oxygens (including phenoxy) is 1. The predicted octanol–water partition coefficient (Wildman–Crippen LogP) is 2.01. The van der Waals surface area contributed by atoms with Gasteiger partial charge < -0.3 is 20.3 Å². The molecule has 4 amide bonds. The van der Waals surface area contributed by atoms with Gasteiger partial charge in [0.1, 0.15) is 11.3 Å². The molecule has 3 N–H and O–H groups in total. The van der Waals surface area contributed by atoms with E-state index in [0.717, 1.165) is 30.9 Å². The fourth-order valence-electron chi connectivity index (χ4n) is 4.10. The fourth-order valence-corrected chi connectivity index (χ4v) is 4.10. The van der Waals surface area contributed by atoms with Crippen molar-refractivity contribution >= 4 is 23.5 Å². The summed E-state index contributed by atoms with van der Waals surface area (Å²) in [5.74, 6) is 0.541. The molecule has 2 saturated heterocycles. The Morgan fingerprint density at radius 2 is 2.03 bits per heavy atom. The molecule has 0 bridgehead atoms. The number of hydrogen-bond acceptors (Lipinski definition) is 5. The van der Waals surface area contributed by atoms with Crippen molar-refractivity contribution in [3.8, 4) is 5.75 Å². The Labute approximate surface area is 180 Å². The van der Waals surface area contributed by atoms with Crippen molar-refractivity contribution in [2.24, 2.45) is 5.92 Å². The van der Waals surface area contributed by atoms with E-state index >= 15 is 0 Å². The predicted molar refractivity (Wildman–Crippen MR) is 116 cm³/mol. The minimum absolute atomic E-state index is 0.199. The number of benzene rings is 2. The quantitative estimate of drug-likeness (QED) is 0.619. The number of carbonyl (C=O) groups is 3. The molecule has 2 aromatic carbocycles. The number of rotatable bonds is 6. The molecule has 8 nitrogen and oxygen atoms in total. The SMILES string of the molecule is COc1cccc(N2CCC(CNC(=O)c3cccc(C4(C)NC(=O)NC4=O)c3)C2)c1. The second-order valence-electron chi connectivity index (χ2n) is 8.13. The average Bonchev–Trinajstić information content (AvgIpc) is 3.36. The van der Waals surface area contributed by atoms with E-state index in [-0.39, 0.29) is 5.91 Å². The molecule has 2 atom stereocenters. The van der Waals surface area contributed by atoms with Gasteiger partial charge in [-0.3, -0.25) is 14.9 Å². The van der Waals surface area contributed by atoms with Crippen molar-refractivity contribution in [2.45, 2.75) is 18.9 Å². The van der Waals surface area contributed by atoms with Gasteiger partial charge in [0, 0.05) is 37.0 Å².